The molecule has 5 nitrogen and oxygen atoms in total. The number of ketones is 1. The number of nitrogens with zero attached hydrogens (tertiary/aromatic N) is 2. The highest BCUT2D eigenvalue weighted by Gasteiger charge is 2.30. The smallest absolute Gasteiger partial charge is 0.313 e. The molecule has 1 aromatic carbocycles. The molecule has 2 heterocycles. The molecule has 1 aromatic heterocycles. The fraction of sp³-hybridized carbons (Fsp3) is 0.353. The first kappa shape index (κ1) is 17.0. The van der Waals surface area contributed by atoms with Gasteiger partial charge in [0.1, 0.15) is 5.01 Å². The second-order valence-electron chi connectivity index (χ2n) is 5.44. The molecule has 1 N–H and O–H groups in total. The van der Waals surface area contributed by atoms with Crippen molar-refractivity contribution in [3.63, 3.8) is 0 Å². The normalized spacial score (nSPS) is 17.5. The summed E-state index contributed by atoms with van der Waals surface area (Å²) in [6, 6.07) is 6.98. The van der Waals surface area contributed by atoms with Crippen LogP contribution in [-0.2, 0) is 0 Å². The average Bonchev–Trinajstić information content (AvgIpc) is 3.15. The molecule has 7 heteroatoms. The van der Waals surface area contributed by atoms with Crippen LogP contribution in [0.5, 0.6) is 0 Å². The summed E-state index contributed by atoms with van der Waals surface area (Å²) in [5, 5.41) is 5.83. The molecule has 1 aliphatic heterocycles. The lowest BCUT2D eigenvalue weighted by atomic mass is 10.1. The molecule has 0 aliphatic carbocycles. The molecule has 3 rings (SSSR count). The maximum Gasteiger partial charge on any atom is 0.322 e. The second kappa shape index (κ2) is 7.81. The highest BCUT2D eigenvalue weighted by Crippen LogP contribution is 2.31. The van der Waals surface area contributed by atoms with Crippen LogP contribution in [0.15, 0.2) is 35.8 Å². The summed E-state index contributed by atoms with van der Waals surface area (Å²) in [5.41, 5.74) is 1.27. The van der Waals surface area contributed by atoms with Crippen LogP contribution in [-0.4, -0.2) is 39.7 Å². The number of thiazole rings is 1. The van der Waals surface area contributed by atoms with Gasteiger partial charge in [0.05, 0.1) is 6.04 Å². The van der Waals surface area contributed by atoms with Gasteiger partial charge in [-0.3, -0.25) is 4.79 Å². The van der Waals surface area contributed by atoms with Crippen LogP contribution in [0.4, 0.5) is 10.5 Å². The molecule has 1 atom stereocenters. The van der Waals surface area contributed by atoms with Crippen molar-refractivity contribution in [2.24, 2.45) is 0 Å². The Kier molecular flexibility index (Phi) is 5.52. The molecule has 1 aliphatic rings. The van der Waals surface area contributed by atoms with E-state index in [9.17, 15) is 9.59 Å². The van der Waals surface area contributed by atoms with Gasteiger partial charge in [-0.2, -0.15) is 11.8 Å². The van der Waals surface area contributed by atoms with E-state index in [1.807, 2.05) is 29.0 Å². The number of benzene rings is 1. The zero-order valence-corrected chi connectivity index (χ0v) is 15.0. The quantitative estimate of drug-likeness (QED) is 0.834. The van der Waals surface area contributed by atoms with E-state index >= 15 is 0 Å². The molecule has 0 unspecified atom stereocenters. The fourth-order valence-corrected chi connectivity index (χ4v) is 4.53. The molecular formula is C17H19N3O2S2. The second-order valence-corrected chi connectivity index (χ2v) is 7.52. The zero-order valence-electron chi connectivity index (χ0n) is 13.4. The summed E-state index contributed by atoms with van der Waals surface area (Å²) < 4.78 is 0. The first-order valence-corrected chi connectivity index (χ1v) is 9.90. The van der Waals surface area contributed by atoms with Crippen molar-refractivity contribution < 1.29 is 9.59 Å². The number of carbonyl (C=O) groups excluding carboxylic acids is 2. The van der Waals surface area contributed by atoms with E-state index in [4.69, 9.17) is 0 Å². The predicted molar refractivity (Wildman–Crippen MR) is 99.0 cm³/mol. The van der Waals surface area contributed by atoms with Crippen LogP contribution in [0.25, 0.3) is 0 Å². The molecule has 0 saturated carbocycles. The van der Waals surface area contributed by atoms with Crippen molar-refractivity contribution in [2.75, 3.05) is 23.4 Å². The van der Waals surface area contributed by atoms with Crippen molar-refractivity contribution in [2.45, 2.75) is 19.4 Å². The summed E-state index contributed by atoms with van der Waals surface area (Å²) in [4.78, 5) is 30.8. The Morgan fingerprint density at radius 1 is 1.42 bits per heavy atom. The topological polar surface area (TPSA) is 62.3 Å². The zero-order chi connectivity index (χ0) is 16.9. The highest BCUT2D eigenvalue weighted by atomic mass is 32.2. The van der Waals surface area contributed by atoms with Gasteiger partial charge in [0, 0.05) is 47.3 Å². The van der Waals surface area contributed by atoms with E-state index in [0.29, 0.717) is 24.2 Å². The summed E-state index contributed by atoms with van der Waals surface area (Å²) in [5.74, 6) is 1.85. The lowest BCUT2D eigenvalue weighted by molar-refractivity contribution is 0.0988. The van der Waals surface area contributed by atoms with Gasteiger partial charge in [0.2, 0.25) is 0 Å². The van der Waals surface area contributed by atoms with Crippen LogP contribution >= 0.6 is 23.1 Å². The van der Waals surface area contributed by atoms with Crippen molar-refractivity contribution in [3.8, 4) is 0 Å². The molecular weight excluding hydrogens is 342 g/mol. The number of hydrogen-bond donors (Lipinski definition) is 1. The van der Waals surface area contributed by atoms with E-state index in [-0.39, 0.29) is 17.9 Å². The highest BCUT2D eigenvalue weighted by molar-refractivity contribution is 7.99. The van der Waals surface area contributed by atoms with Crippen molar-refractivity contribution in [1.82, 2.24) is 9.88 Å². The Balaban J connectivity index is 1.75. The van der Waals surface area contributed by atoms with Crippen molar-refractivity contribution in [3.05, 3.63) is 46.4 Å². The van der Waals surface area contributed by atoms with Crippen molar-refractivity contribution >= 4 is 40.6 Å². The van der Waals surface area contributed by atoms with Gasteiger partial charge in [0.15, 0.2) is 5.78 Å². The minimum atomic E-state index is -0.142. The maximum atomic E-state index is 12.7. The van der Waals surface area contributed by atoms with E-state index < -0.39 is 0 Å². The Labute approximate surface area is 149 Å². The SMILES string of the molecule is CCC(=O)c1cccc(NC(=O)N2CCSC[C@H]2c2nccs2)c1. The van der Waals surface area contributed by atoms with Crippen molar-refractivity contribution in [1.29, 1.82) is 0 Å². The van der Waals surface area contributed by atoms with Gasteiger partial charge in [-0.25, -0.2) is 9.78 Å². The predicted octanol–water partition coefficient (Wildman–Crippen LogP) is 4.06. The van der Waals surface area contributed by atoms with Gasteiger partial charge in [0.25, 0.3) is 0 Å². The first-order chi connectivity index (χ1) is 11.7. The first-order valence-electron chi connectivity index (χ1n) is 7.87. The average molecular weight is 361 g/mol. The number of amides is 2. The van der Waals surface area contributed by atoms with Gasteiger partial charge in [-0.1, -0.05) is 19.1 Å². The number of Topliss-reactive ketones (excluding diaryl/α,β-unsaturated/α-hetero) is 1. The summed E-state index contributed by atoms with van der Waals surface area (Å²) >= 11 is 3.41. The molecule has 126 valence electrons. The van der Waals surface area contributed by atoms with Gasteiger partial charge in [-0.05, 0) is 12.1 Å². The number of urea groups is 1. The number of anilines is 1. The molecule has 0 radical (unpaired) electrons. The van der Waals surface area contributed by atoms with Crippen LogP contribution in [0, 0.1) is 0 Å². The molecule has 2 amide bonds. The number of hydrogen-bond acceptors (Lipinski definition) is 5. The minimum absolute atomic E-state index is 0.00389. The van der Waals surface area contributed by atoms with Crippen LogP contribution in [0.2, 0.25) is 0 Å². The Morgan fingerprint density at radius 2 is 2.29 bits per heavy atom. The maximum absolute atomic E-state index is 12.7. The van der Waals surface area contributed by atoms with E-state index in [1.165, 1.54) is 0 Å². The van der Waals surface area contributed by atoms with Crippen LogP contribution in [0.3, 0.4) is 0 Å². The summed E-state index contributed by atoms with van der Waals surface area (Å²) in [7, 11) is 0. The third-order valence-corrected chi connectivity index (χ3v) is 5.78. The number of aromatic nitrogens is 1. The summed E-state index contributed by atoms with van der Waals surface area (Å²) in [6.45, 7) is 2.52. The Hall–Kier alpha value is -1.86. The standard InChI is InChI=1S/C17H19N3O2S2/c1-2-15(21)12-4-3-5-13(10-12)19-17(22)20-7-9-23-11-14(20)16-18-6-8-24-16/h3-6,8,10,14H,2,7,9,11H2,1H3,(H,19,22)/t14-/m0/s1. The number of nitrogens with one attached hydrogen (secondary N) is 1. The minimum Gasteiger partial charge on any atom is -0.313 e. The molecule has 24 heavy (non-hydrogen) atoms. The van der Waals surface area contributed by atoms with Gasteiger partial charge in [-0.15, -0.1) is 11.3 Å². The Bertz CT molecular complexity index is 718. The van der Waals surface area contributed by atoms with E-state index in [0.717, 1.165) is 16.5 Å². The van der Waals surface area contributed by atoms with Crippen LogP contribution in [0.1, 0.15) is 34.8 Å². The molecule has 1 saturated heterocycles. The third kappa shape index (κ3) is 3.79. The van der Waals surface area contributed by atoms with Gasteiger partial charge < -0.3 is 10.2 Å². The number of rotatable bonds is 4. The molecule has 1 fully saturated rings. The third-order valence-electron chi connectivity index (χ3n) is 3.88. The number of thioether (sulfide) groups is 1. The molecule has 0 bridgehead atoms. The Morgan fingerprint density at radius 3 is 3.04 bits per heavy atom. The fourth-order valence-electron chi connectivity index (χ4n) is 2.62. The molecule has 2 aromatic rings. The lowest BCUT2D eigenvalue weighted by Gasteiger charge is -2.34. The summed E-state index contributed by atoms with van der Waals surface area (Å²) in [6.07, 6.45) is 2.22. The lowest BCUT2D eigenvalue weighted by Crippen LogP contribution is -2.43. The van der Waals surface area contributed by atoms with E-state index in [1.54, 1.807) is 41.8 Å². The number of carbonyl (C=O) groups is 2. The van der Waals surface area contributed by atoms with Gasteiger partial charge >= 0.3 is 6.03 Å². The van der Waals surface area contributed by atoms with E-state index in [2.05, 4.69) is 10.3 Å². The molecule has 0 spiro atoms. The monoisotopic (exact) mass is 361 g/mol. The van der Waals surface area contributed by atoms with Crippen LogP contribution < -0.4 is 5.32 Å². The largest absolute Gasteiger partial charge is 0.322 e.